The quantitative estimate of drug-likeness (QED) is 0.365. The van der Waals surface area contributed by atoms with Crippen LogP contribution in [-0.4, -0.2) is 51.3 Å². The molecular weight excluding hydrogens is 432 g/mol. The van der Waals surface area contributed by atoms with E-state index in [0.29, 0.717) is 22.6 Å². The summed E-state index contributed by atoms with van der Waals surface area (Å²) in [7, 11) is 1.55. The van der Waals surface area contributed by atoms with Gasteiger partial charge in [-0.2, -0.15) is 10.2 Å². The van der Waals surface area contributed by atoms with E-state index in [4.69, 9.17) is 5.73 Å². The molecule has 2 amide bonds. The molecule has 4 rings (SSSR count). The van der Waals surface area contributed by atoms with Crippen LogP contribution in [-0.2, 0) is 4.79 Å². The Kier molecular flexibility index (Phi) is 6.67. The maximum Gasteiger partial charge on any atom is 0.269 e. The van der Waals surface area contributed by atoms with Gasteiger partial charge in [-0.3, -0.25) is 24.5 Å². The highest BCUT2D eigenvalue weighted by molar-refractivity contribution is 6.17. The topological polar surface area (TPSA) is 148 Å². The SMILES string of the molecule is CNC(=O)c1cc(-c2cnnc(-c3cc(NC(=O)C(C=NC4CC4)=CN)cnc3C)c2)ccn1. The van der Waals surface area contributed by atoms with E-state index in [-0.39, 0.29) is 23.4 Å². The van der Waals surface area contributed by atoms with E-state index < -0.39 is 0 Å². The lowest BCUT2D eigenvalue weighted by atomic mass is 10.0. The number of nitrogens with zero attached hydrogens (tertiary/aromatic N) is 5. The predicted octanol–water partition coefficient (Wildman–Crippen LogP) is 2.28. The number of rotatable bonds is 7. The van der Waals surface area contributed by atoms with Crippen LogP contribution in [0.4, 0.5) is 5.69 Å². The normalized spacial score (nSPS) is 13.6. The molecule has 0 spiro atoms. The molecule has 10 nitrogen and oxygen atoms in total. The molecule has 0 atom stereocenters. The van der Waals surface area contributed by atoms with Gasteiger partial charge < -0.3 is 16.4 Å². The van der Waals surface area contributed by atoms with Crippen LogP contribution >= 0.6 is 0 Å². The third-order valence-electron chi connectivity index (χ3n) is 5.24. The molecule has 1 fully saturated rings. The second-order valence-electron chi connectivity index (χ2n) is 7.78. The van der Waals surface area contributed by atoms with Crippen molar-refractivity contribution in [3.05, 3.63) is 66.0 Å². The van der Waals surface area contributed by atoms with Gasteiger partial charge in [0.2, 0.25) is 0 Å². The fourth-order valence-corrected chi connectivity index (χ4v) is 3.17. The van der Waals surface area contributed by atoms with Gasteiger partial charge in [-0.05, 0) is 49.6 Å². The van der Waals surface area contributed by atoms with Crippen molar-refractivity contribution in [1.29, 1.82) is 0 Å². The third kappa shape index (κ3) is 5.29. The highest BCUT2D eigenvalue weighted by Crippen LogP contribution is 2.27. The number of amides is 2. The molecule has 0 unspecified atom stereocenters. The number of hydrogen-bond acceptors (Lipinski definition) is 8. The molecule has 0 bridgehead atoms. The van der Waals surface area contributed by atoms with Crippen LogP contribution < -0.4 is 16.4 Å². The number of anilines is 1. The molecule has 0 aliphatic heterocycles. The lowest BCUT2D eigenvalue weighted by Gasteiger charge is -2.10. The van der Waals surface area contributed by atoms with Crippen molar-refractivity contribution in [2.45, 2.75) is 25.8 Å². The van der Waals surface area contributed by atoms with Gasteiger partial charge in [-0.1, -0.05) is 0 Å². The largest absolute Gasteiger partial charge is 0.404 e. The summed E-state index contributed by atoms with van der Waals surface area (Å²) < 4.78 is 0. The number of carbonyl (C=O) groups is 2. The molecule has 172 valence electrons. The molecule has 34 heavy (non-hydrogen) atoms. The van der Waals surface area contributed by atoms with Gasteiger partial charge >= 0.3 is 0 Å². The zero-order chi connectivity index (χ0) is 24.1. The van der Waals surface area contributed by atoms with Gasteiger partial charge in [0.25, 0.3) is 11.8 Å². The number of aliphatic imine (C=N–C) groups is 1. The molecule has 4 N–H and O–H groups in total. The van der Waals surface area contributed by atoms with Crippen LogP contribution in [0.15, 0.2) is 59.6 Å². The molecule has 1 saturated carbocycles. The number of nitrogens with one attached hydrogen (secondary N) is 2. The molecule has 0 radical (unpaired) electrons. The summed E-state index contributed by atoms with van der Waals surface area (Å²) in [5.41, 5.74) is 10.2. The minimum Gasteiger partial charge on any atom is -0.404 e. The summed E-state index contributed by atoms with van der Waals surface area (Å²) in [6, 6.07) is 7.39. The third-order valence-corrected chi connectivity index (χ3v) is 5.24. The number of pyridine rings is 2. The van der Waals surface area contributed by atoms with Gasteiger partial charge in [0.05, 0.1) is 35.4 Å². The van der Waals surface area contributed by atoms with Crippen LogP contribution in [0, 0.1) is 6.92 Å². The first-order valence-corrected chi connectivity index (χ1v) is 10.7. The smallest absolute Gasteiger partial charge is 0.269 e. The van der Waals surface area contributed by atoms with Gasteiger partial charge in [0, 0.05) is 42.5 Å². The first-order chi connectivity index (χ1) is 16.5. The Morgan fingerprint density at radius 2 is 1.97 bits per heavy atom. The Labute approximate surface area is 196 Å². The van der Waals surface area contributed by atoms with Crippen LogP contribution in [0.2, 0.25) is 0 Å². The van der Waals surface area contributed by atoms with E-state index in [1.165, 1.54) is 12.4 Å². The number of aryl methyl sites for hydroxylation is 1. The Bertz CT molecular complexity index is 1300. The van der Waals surface area contributed by atoms with E-state index >= 15 is 0 Å². The van der Waals surface area contributed by atoms with E-state index in [0.717, 1.165) is 29.7 Å². The van der Waals surface area contributed by atoms with E-state index in [1.54, 1.807) is 43.8 Å². The average Bonchev–Trinajstić information content (AvgIpc) is 3.70. The molecule has 3 aromatic rings. The average molecular weight is 457 g/mol. The molecule has 0 saturated heterocycles. The van der Waals surface area contributed by atoms with Crippen molar-refractivity contribution in [1.82, 2.24) is 25.5 Å². The Balaban J connectivity index is 1.60. The summed E-state index contributed by atoms with van der Waals surface area (Å²) in [6.07, 6.45) is 9.56. The summed E-state index contributed by atoms with van der Waals surface area (Å²) in [5, 5.41) is 13.7. The molecule has 3 aromatic heterocycles. The van der Waals surface area contributed by atoms with E-state index in [1.807, 2.05) is 13.0 Å². The summed E-state index contributed by atoms with van der Waals surface area (Å²) in [4.78, 5) is 37.4. The Morgan fingerprint density at radius 3 is 2.71 bits per heavy atom. The summed E-state index contributed by atoms with van der Waals surface area (Å²) >= 11 is 0. The molecule has 1 aliphatic carbocycles. The van der Waals surface area contributed by atoms with Gasteiger partial charge in [0.15, 0.2) is 0 Å². The highest BCUT2D eigenvalue weighted by Gasteiger charge is 2.20. The monoisotopic (exact) mass is 456 g/mol. The van der Waals surface area contributed by atoms with Crippen molar-refractivity contribution in [3.63, 3.8) is 0 Å². The predicted molar refractivity (Wildman–Crippen MR) is 129 cm³/mol. The number of aromatic nitrogens is 4. The van der Waals surface area contributed by atoms with Crippen molar-refractivity contribution < 1.29 is 9.59 Å². The molecule has 0 aromatic carbocycles. The second kappa shape index (κ2) is 9.99. The van der Waals surface area contributed by atoms with Crippen molar-refractivity contribution in [2.24, 2.45) is 10.7 Å². The van der Waals surface area contributed by atoms with Crippen molar-refractivity contribution in [2.75, 3.05) is 12.4 Å². The molecular formula is C24H24N8O2. The standard InChI is InChI=1S/C24H24N8O2/c1-14-20(9-19(13-28-14)31-23(33)17(10-25)11-29-18-3-4-18)21-8-16(12-30-32-21)15-5-6-27-22(7-15)24(34)26-2/h5-13,18H,3-4,25H2,1-2H3,(H,26,34)(H,31,33). The zero-order valence-electron chi connectivity index (χ0n) is 18.8. The van der Waals surface area contributed by atoms with Crippen LogP contribution in [0.25, 0.3) is 22.4 Å². The first-order valence-electron chi connectivity index (χ1n) is 10.7. The van der Waals surface area contributed by atoms with Crippen LogP contribution in [0.3, 0.4) is 0 Å². The Hall–Kier alpha value is -4.47. The fourth-order valence-electron chi connectivity index (χ4n) is 3.17. The zero-order valence-corrected chi connectivity index (χ0v) is 18.8. The minimum atomic E-state index is -0.373. The maximum atomic E-state index is 12.6. The molecule has 10 heteroatoms. The maximum absolute atomic E-state index is 12.6. The summed E-state index contributed by atoms with van der Waals surface area (Å²) in [6.45, 7) is 1.85. The molecule has 3 heterocycles. The van der Waals surface area contributed by atoms with Gasteiger partial charge in [0.1, 0.15) is 5.69 Å². The lowest BCUT2D eigenvalue weighted by molar-refractivity contribution is -0.112. The number of hydrogen-bond donors (Lipinski definition) is 3. The second-order valence-corrected chi connectivity index (χ2v) is 7.78. The van der Waals surface area contributed by atoms with E-state index in [2.05, 4.69) is 35.8 Å². The Morgan fingerprint density at radius 1 is 1.15 bits per heavy atom. The fraction of sp³-hybridized carbons (Fsp3) is 0.208. The minimum absolute atomic E-state index is 0.277. The highest BCUT2D eigenvalue weighted by atomic mass is 16.2. The summed E-state index contributed by atoms with van der Waals surface area (Å²) in [5.74, 6) is -0.650. The van der Waals surface area contributed by atoms with Crippen molar-refractivity contribution >= 4 is 23.7 Å². The molecule has 1 aliphatic rings. The van der Waals surface area contributed by atoms with Gasteiger partial charge in [-0.15, -0.1) is 0 Å². The van der Waals surface area contributed by atoms with Crippen molar-refractivity contribution in [3.8, 4) is 22.4 Å². The number of nitrogens with two attached hydrogens (primary N) is 1. The van der Waals surface area contributed by atoms with Gasteiger partial charge in [-0.25, -0.2) is 0 Å². The van der Waals surface area contributed by atoms with Crippen LogP contribution in [0.5, 0.6) is 0 Å². The van der Waals surface area contributed by atoms with E-state index in [9.17, 15) is 9.59 Å². The first kappa shape index (κ1) is 22.7. The van der Waals surface area contributed by atoms with Crippen LogP contribution in [0.1, 0.15) is 29.0 Å². The lowest BCUT2D eigenvalue weighted by Crippen LogP contribution is -2.19. The number of carbonyl (C=O) groups excluding carboxylic acids is 2.